The molecule has 0 spiro atoms. The number of nitrogens with one attached hydrogen (secondary N) is 3. The Balaban J connectivity index is 1.30. The van der Waals surface area contributed by atoms with E-state index in [4.69, 9.17) is 4.74 Å². The summed E-state index contributed by atoms with van der Waals surface area (Å²) in [5, 5.41) is 9.25. The van der Waals surface area contributed by atoms with Crippen molar-refractivity contribution in [2.75, 3.05) is 54.8 Å². The summed E-state index contributed by atoms with van der Waals surface area (Å²) in [6, 6.07) is 7.28. The fourth-order valence-corrected chi connectivity index (χ4v) is 6.88. The van der Waals surface area contributed by atoms with E-state index in [9.17, 15) is 9.59 Å². The van der Waals surface area contributed by atoms with Gasteiger partial charge in [0.2, 0.25) is 11.8 Å². The molecule has 2 unspecified atom stereocenters. The Morgan fingerprint density at radius 3 is 2.62 bits per heavy atom. The number of ether oxygens (including phenoxy) is 1. The van der Waals surface area contributed by atoms with Crippen LogP contribution in [0.3, 0.4) is 0 Å². The first-order chi connectivity index (χ1) is 16.7. The molecule has 34 heavy (non-hydrogen) atoms. The van der Waals surface area contributed by atoms with Gasteiger partial charge in [-0.3, -0.25) is 19.8 Å². The normalized spacial score (nSPS) is 22.9. The average Bonchev–Trinajstić information content (AvgIpc) is 3.41. The summed E-state index contributed by atoms with van der Waals surface area (Å²) >= 11 is 3.51. The van der Waals surface area contributed by atoms with E-state index in [1.165, 1.54) is 37.7 Å². The molecular weight excluding hydrogens is 468 g/mol. The molecule has 188 valence electrons. The Kier molecular flexibility index (Phi) is 10.4. The number of amides is 2. The van der Waals surface area contributed by atoms with Crippen molar-refractivity contribution in [1.82, 2.24) is 15.5 Å². The van der Waals surface area contributed by atoms with Gasteiger partial charge in [0.1, 0.15) is 6.04 Å². The zero-order valence-electron chi connectivity index (χ0n) is 19.9. The summed E-state index contributed by atoms with van der Waals surface area (Å²) in [6.45, 7) is 4.37. The van der Waals surface area contributed by atoms with E-state index in [1.807, 2.05) is 12.1 Å². The van der Waals surface area contributed by atoms with Crippen LogP contribution < -0.4 is 16.0 Å². The molecule has 1 aromatic carbocycles. The number of hydrogen-bond acceptors (Lipinski definition) is 7. The van der Waals surface area contributed by atoms with Crippen molar-refractivity contribution in [3.8, 4) is 0 Å². The summed E-state index contributed by atoms with van der Waals surface area (Å²) in [5.41, 5.74) is 1.99. The lowest BCUT2D eigenvalue weighted by Crippen LogP contribution is -2.51. The minimum absolute atomic E-state index is 0.0794. The predicted octanol–water partition coefficient (Wildman–Crippen LogP) is 2.92. The number of thioether (sulfide) groups is 2. The van der Waals surface area contributed by atoms with E-state index in [-0.39, 0.29) is 17.9 Å². The maximum Gasteiger partial charge on any atom is 0.247 e. The monoisotopic (exact) mass is 506 g/mol. The summed E-state index contributed by atoms with van der Waals surface area (Å²) < 4.78 is 5.42. The molecule has 1 saturated carbocycles. The Bertz CT molecular complexity index is 777. The topological polar surface area (TPSA) is 82.7 Å². The molecule has 3 aliphatic rings. The SMILES string of the molecule is O=C(NC(CSCC1CCCCC1)C(=O)Nc1ccc(CN2CCOCC2)cc1)C1CSCN1. The third-order valence-electron chi connectivity index (χ3n) is 6.76. The Hall–Kier alpha value is -1.26. The maximum absolute atomic E-state index is 13.2. The van der Waals surface area contributed by atoms with Gasteiger partial charge in [-0.25, -0.2) is 0 Å². The molecule has 2 saturated heterocycles. The molecule has 3 fully saturated rings. The molecule has 2 heterocycles. The van der Waals surface area contributed by atoms with Crippen molar-refractivity contribution in [1.29, 1.82) is 0 Å². The standard InChI is InChI=1S/C25H38N4O3S2/c30-24(22-16-34-18-26-22)28-23(17-33-15-20-4-2-1-3-5-20)25(31)27-21-8-6-19(7-9-21)14-29-10-12-32-13-11-29/h6-9,20,22-23,26H,1-5,10-18H2,(H,27,31)(H,28,30). The second kappa shape index (κ2) is 13.7. The van der Waals surface area contributed by atoms with Gasteiger partial charge in [0, 0.05) is 42.7 Å². The van der Waals surface area contributed by atoms with Gasteiger partial charge in [0.15, 0.2) is 0 Å². The molecule has 7 nitrogen and oxygen atoms in total. The molecule has 1 aliphatic carbocycles. The van der Waals surface area contributed by atoms with Crippen LogP contribution in [0, 0.1) is 5.92 Å². The average molecular weight is 507 g/mol. The van der Waals surface area contributed by atoms with Crippen molar-refractivity contribution in [2.24, 2.45) is 5.92 Å². The molecule has 4 rings (SSSR count). The zero-order chi connectivity index (χ0) is 23.6. The highest BCUT2D eigenvalue weighted by Gasteiger charge is 2.28. The molecule has 2 aliphatic heterocycles. The number of benzene rings is 1. The maximum atomic E-state index is 13.2. The fraction of sp³-hybridized carbons (Fsp3) is 0.680. The third-order valence-corrected chi connectivity index (χ3v) is 8.98. The number of rotatable bonds is 10. The van der Waals surface area contributed by atoms with Crippen LogP contribution in [-0.4, -0.2) is 78.2 Å². The minimum Gasteiger partial charge on any atom is -0.379 e. The van der Waals surface area contributed by atoms with E-state index >= 15 is 0 Å². The van der Waals surface area contributed by atoms with E-state index in [1.54, 1.807) is 23.5 Å². The fourth-order valence-electron chi connectivity index (χ4n) is 4.67. The first-order valence-corrected chi connectivity index (χ1v) is 14.9. The summed E-state index contributed by atoms with van der Waals surface area (Å²) in [7, 11) is 0. The first-order valence-electron chi connectivity index (χ1n) is 12.6. The molecule has 1 aromatic rings. The van der Waals surface area contributed by atoms with E-state index in [0.29, 0.717) is 5.75 Å². The van der Waals surface area contributed by atoms with Crippen LogP contribution in [0.1, 0.15) is 37.7 Å². The number of nitrogens with zero attached hydrogens (tertiary/aromatic N) is 1. The first kappa shape index (κ1) is 25.8. The van der Waals surface area contributed by atoms with Gasteiger partial charge in [0.25, 0.3) is 0 Å². The Labute approximate surface area is 211 Å². The highest BCUT2D eigenvalue weighted by Crippen LogP contribution is 2.27. The second-order valence-electron chi connectivity index (χ2n) is 9.45. The summed E-state index contributed by atoms with van der Waals surface area (Å²) in [6.07, 6.45) is 6.56. The van der Waals surface area contributed by atoms with Crippen LogP contribution >= 0.6 is 23.5 Å². The van der Waals surface area contributed by atoms with Gasteiger partial charge in [-0.2, -0.15) is 11.8 Å². The molecule has 9 heteroatoms. The van der Waals surface area contributed by atoms with Gasteiger partial charge in [-0.1, -0.05) is 31.4 Å². The number of morpholine rings is 1. The third kappa shape index (κ3) is 8.16. The molecule has 3 N–H and O–H groups in total. The van der Waals surface area contributed by atoms with Crippen molar-refractivity contribution in [3.05, 3.63) is 29.8 Å². The molecule has 2 amide bonds. The lowest BCUT2D eigenvalue weighted by molar-refractivity contribution is -0.126. The summed E-state index contributed by atoms with van der Waals surface area (Å²) in [4.78, 5) is 28.3. The Morgan fingerprint density at radius 1 is 1.15 bits per heavy atom. The van der Waals surface area contributed by atoms with Crippen LogP contribution in [0.5, 0.6) is 0 Å². The van der Waals surface area contributed by atoms with Crippen LogP contribution in [0.15, 0.2) is 24.3 Å². The van der Waals surface area contributed by atoms with Gasteiger partial charge >= 0.3 is 0 Å². The van der Waals surface area contributed by atoms with Crippen molar-refractivity contribution < 1.29 is 14.3 Å². The summed E-state index contributed by atoms with van der Waals surface area (Å²) in [5.74, 6) is 3.71. The molecule has 0 aromatic heterocycles. The van der Waals surface area contributed by atoms with Gasteiger partial charge in [-0.15, -0.1) is 11.8 Å². The quantitative estimate of drug-likeness (QED) is 0.450. The number of hydrogen-bond donors (Lipinski definition) is 3. The van der Waals surface area contributed by atoms with Crippen LogP contribution in [0.4, 0.5) is 5.69 Å². The lowest BCUT2D eigenvalue weighted by atomic mass is 9.91. The van der Waals surface area contributed by atoms with Crippen molar-refractivity contribution >= 4 is 41.0 Å². The van der Waals surface area contributed by atoms with E-state index < -0.39 is 6.04 Å². The van der Waals surface area contributed by atoms with Crippen molar-refractivity contribution in [3.63, 3.8) is 0 Å². The number of carbonyl (C=O) groups excluding carboxylic acids is 2. The van der Waals surface area contributed by atoms with Crippen LogP contribution in [0.2, 0.25) is 0 Å². The van der Waals surface area contributed by atoms with Gasteiger partial charge < -0.3 is 15.4 Å². The van der Waals surface area contributed by atoms with Crippen molar-refractivity contribution in [2.45, 2.75) is 50.7 Å². The number of carbonyl (C=O) groups is 2. The lowest BCUT2D eigenvalue weighted by Gasteiger charge is -2.26. The number of anilines is 1. The second-order valence-corrected chi connectivity index (χ2v) is 11.6. The van der Waals surface area contributed by atoms with E-state index in [0.717, 1.165) is 61.8 Å². The van der Waals surface area contributed by atoms with Gasteiger partial charge in [0.05, 0.1) is 19.3 Å². The minimum atomic E-state index is -0.540. The van der Waals surface area contributed by atoms with Gasteiger partial charge in [-0.05, 0) is 42.2 Å². The Morgan fingerprint density at radius 2 is 1.91 bits per heavy atom. The largest absolute Gasteiger partial charge is 0.379 e. The smallest absolute Gasteiger partial charge is 0.247 e. The molecule has 0 radical (unpaired) electrons. The van der Waals surface area contributed by atoms with Crippen LogP contribution in [0.25, 0.3) is 0 Å². The highest BCUT2D eigenvalue weighted by molar-refractivity contribution is 7.99. The molecule has 0 bridgehead atoms. The molecule has 2 atom stereocenters. The zero-order valence-corrected chi connectivity index (χ0v) is 21.6. The molecular formula is C25H38N4O3S2. The predicted molar refractivity (Wildman–Crippen MR) is 141 cm³/mol. The highest BCUT2D eigenvalue weighted by atomic mass is 32.2. The van der Waals surface area contributed by atoms with E-state index in [2.05, 4.69) is 33.0 Å². The van der Waals surface area contributed by atoms with Crippen LogP contribution in [-0.2, 0) is 20.9 Å².